The Kier molecular flexibility index (Phi) is 3.43. The van der Waals surface area contributed by atoms with Crippen molar-refractivity contribution in [3.63, 3.8) is 0 Å². The van der Waals surface area contributed by atoms with Crippen LogP contribution >= 0.6 is 0 Å². The molecule has 4 heteroatoms. The summed E-state index contributed by atoms with van der Waals surface area (Å²) in [6.07, 6.45) is 1.70. The molecular weight excluding hydrogens is 298 g/mol. The van der Waals surface area contributed by atoms with Gasteiger partial charge >= 0.3 is 0 Å². The lowest BCUT2D eigenvalue weighted by atomic mass is 10.1. The van der Waals surface area contributed by atoms with Crippen LogP contribution in [-0.4, -0.2) is 14.5 Å². The third-order valence-electron chi connectivity index (χ3n) is 3.93. The maximum absolute atomic E-state index is 13.2. The van der Waals surface area contributed by atoms with Crippen molar-refractivity contribution < 1.29 is 0 Å². The summed E-state index contributed by atoms with van der Waals surface area (Å²) >= 11 is 0. The molecule has 4 nitrogen and oxygen atoms in total. The molecule has 24 heavy (non-hydrogen) atoms. The molecule has 0 aliphatic heterocycles. The Bertz CT molecular complexity index is 1070. The molecule has 0 saturated heterocycles. The normalized spacial score (nSPS) is 10.9. The van der Waals surface area contributed by atoms with Crippen molar-refractivity contribution in [1.29, 1.82) is 0 Å². The molecule has 0 bridgehead atoms. The quantitative estimate of drug-likeness (QED) is 0.566. The number of hydrogen-bond acceptors (Lipinski definition) is 3. The van der Waals surface area contributed by atoms with Crippen molar-refractivity contribution in [3.8, 4) is 17.2 Å². The molecule has 0 aliphatic carbocycles. The standard InChI is InChI=1S/C20H15N3O/c1-14-10-11-17-16(13-14)20(24)23(15-7-3-2-4-8-15)19(22-17)18-9-5-6-12-21-18/h2-13H,1H3. The third-order valence-corrected chi connectivity index (χ3v) is 3.93. The summed E-state index contributed by atoms with van der Waals surface area (Å²) in [6, 6.07) is 20.9. The molecule has 2 aromatic carbocycles. The Morgan fingerprint density at radius 1 is 0.917 bits per heavy atom. The summed E-state index contributed by atoms with van der Waals surface area (Å²) in [5.41, 5.74) is 3.07. The largest absolute Gasteiger partial charge is 0.268 e. The lowest BCUT2D eigenvalue weighted by molar-refractivity contribution is 0.965. The molecule has 2 heterocycles. The topological polar surface area (TPSA) is 47.8 Å². The first-order valence-corrected chi connectivity index (χ1v) is 7.74. The fraction of sp³-hybridized carbons (Fsp3) is 0.0500. The van der Waals surface area contributed by atoms with Gasteiger partial charge in [-0.1, -0.05) is 35.9 Å². The average Bonchev–Trinajstić information content (AvgIpc) is 2.63. The zero-order valence-corrected chi connectivity index (χ0v) is 13.2. The summed E-state index contributed by atoms with van der Waals surface area (Å²) in [6.45, 7) is 1.97. The van der Waals surface area contributed by atoms with Crippen molar-refractivity contribution in [1.82, 2.24) is 14.5 Å². The average molecular weight is 313 g/mol. The summed E-state index contributed by atoms with van der Waals surface area (Å²) in [5.74, 6) is 0.545. The fourth-order valence-electron chi connectivity index (χ4n) is 2.78. The Labute approximate surface area is 139 Å². The van der Waals surface area contributed by atoms with Gasteiger partial charge in [0.15, 0.2) is 5.82 Å². The van der Waals surface area contributed by atoms with E-state index in [9.17, 15) is 4.79 Å². The molecule has 0 radical (unpaired) electrons. The second-order valence-electron chi connectivity index (χ2n) is 5.65. The van der Waals surface area contributed by atoms with E-state index in [2.05, 4.69) is 4.98 Å². The lowest BCUT2D eigenvalue weighted by Crippen LogP contribution is -2.22. The molecular formula is C20H15N3O. The molecule has 0 amide bonds. The van der Waals surface area contributed by atoms with Crippen LogP contribution in [0.3, 0.4) is 0 Å². The Morgan fingerprint density at radius 3 is 2.46 bits per heavy atom. The summed E-state index contributed by atoms with van der Waals surface area (Å²) in [5, 5.41) is 0.610. The van der Waals surface area contributed by atoms with E-state index < -0.39 is 0 Å². The van der Waals surface area contributed by atoms with Gasteiger partial charge in [0.05, 0.1) is 16.6 Å². The highest BCUT2D eigenvalue weighted by molar-refractivity contribution is 5.80. The second-order valence-corrected chi connectivity index (χ2v) is 5.65. The Morgan fingerprint density at radius 2 is 1.71 bits per heavy atom. The Balaban J connectivity index is 2.14. The second kappa shape index (κ2) is 5.74. The number of benzene rings is 2. The lowest BCUT2D eigenvalue weighted by Gasteiger charge is -2.13. The van der Waals surface area contributed by atoms with Crippen LogP contribution in [0.25, 0.3) is 28.1 Å². The van der Waals surface area contributed by atoms with Gasteiger partial charge in [0, 0.05) is 6.20 Å². The number of para-hydroxylation sites is 1. The van der Waals surface area contributed by atoms with Crippen LogP contribution < -0.4 is 5.56 Å². The van der Waals surface area contributed by atoms with Crippen LogP contribution in [0.1, 0.15) is 5.56 Å². The molecule has 0 spiro atoms. The van der Waals surface area contributed by atoms with Gasteiger partial charge in [-0.25, -0.2) is 4.98 Å². The molecule has 0 aliphatic rings. The van der Waals surface area contributed by atoms with Gasteiger partial charge in [0.2, 0.25) is 0 Å². The van der Waals surface area contributed by atoms with Gasteiger partial charge in [-0.15, -0.1) is 0 Å². The first-order chi connectivity index (χ1) is 11.7. The number of pyridine rings is 1. The highest BCUT2D eigenvalue weighted by Crippen LogP contribution is 2.20. The minimum absolute atomic E-state index is 0.0875. The number of nitrogens with zero attached hydrogens (tertiary/aromatic N) is 3. The predicted molar refractivity (Wildman–Crippen MR) is 95.3 cm³/mol. The minimum Gasteiger partial charge on any atom is -0.268 e. The number of aryl methyl sites for hydroxylation is 1. The van der Waals surface area contributed by atoms with Crippen LogP contribution in [0, 0.1) is 6.92 Å². The molecule has 0 atom stereocenters. The van der Waals surface area contributed by atoms with Crippen LogP contribution in [0.5, 0.6) is 0 Å². The zero-order chi connectivity index (χ0) is 16.5. The number of fused-ring (bicyclic) bond motifs is 1. The fourth-order valence-corrected chi connectivity index (χ4v) is 2.78. The van der Waals surface area contributed by atoms with Crippen molar-refractivity contribution in [3.05, 3.63) is 88.8 Å². The minimum atomic E-state index is -0.0875. The monoisotopic (exact) mass is 313 g/mol. The first-order valence-electron chi connectivity index (χ1n) is 7.74. The number of hydrogen-bond donors (Lipinski definition) is 0. The first kappa shape index (κ1) is 14.3. The van der Waals surface area contributed by atoms with Crippen molar-refractivity contribution >= 4 is 10.9 Å². The maximum Gasteiger partial charge on any atom is 0.266 e. The molecule has 0 unspecified atom stereocenters. The molecule has 4 aromatic rings. The van der Waals surface area contributed by atoms with Gasteiger partial charge in [-0.05, 0) is 43.3 Å². The van der Waals surface area contributed by atoms with Crippen LogP contribution in [0.15, 0.2) is 77.7 Å². The van der Waals surface area contributed by atoms with E-state index in [1.807, 2.05) is 73.7 Å². The summed E-state index contributed by atoms with van der Waals surface area (Å²) in [4.78, 5) is 22.3. The molecule has 0 N–H and O–H groups in total. The number of rotatable bonds is 2. The SMILES string of the molecule is Cc1ccc2nc(-c3ccccn3)n(-c3ccccc3)c(=O)c2c1. The van der Waals surface area contributed by atoms with E-state index in [0.29, 0.717) is 22.4 Å². The molecule has 4 rings (SSSR count). The van der Waals surface area contributed by atoms with E-state index in [1.54, 1.807) is 10.8 Å². The zero-order valence-electron chi connectivity index (χ0n) is 13.2. The van der Waals surface area contributed by atoms with Crippen LogP contribution in [0.2, 0.25) is 0 Å². The van der Waals surface area contributed by atoms with Crippen LogP contribution in [0.4, 0.5) is 0 Å². The van der Waals surface area contributed by atoms with E-state index in [0.717, 1.165) is 11.3 Å². The van der Waals surface area contributed by atoms with E-state index in [-0.39, 0.29) is 5.56 Å². The smallest absolute Gasteiger partial charge is 0.266 e. The predicted octanol–water partition coefficient (Wildman–Crippen LogP) is 3.76. The molecule has 2 aromatic heterocycles. The van der Waals surface area contributed by atoms with Gasteiger partial charge in [0.1, 0.15) is 5.69 Å². The maximum atomic E-state index is 13.2. The Hall–Kier alpha value is -3.27. The summed E-state index contributed by atoms with van der Waals surface area (Å²) < 4.78 is 1.63. The van der Waals surface area contributed by atoms with Gasteiger partial charge in [-0.3, -0.25) is 14.3 Å². The molecule has 116 valence electrons. The van der Waals surface area contributed by atoms with Crippen molar-refractivity contribution in [2.24, 2.45) is 0 Å². The highest BCUT2D eigenvalue weighted by Gasteiger charge is 2.15. The highest BCUT2D eigenvalue weighted by atomic mass is 16.1. The van der Waals surface area contributed by atoms with E-state index in [1.165, 1.54) is 0 Å². The van der Waals surface area contributed by atoms with E-state index >= 15 is 0 Å². The van der Waals surface area contributed by atoms with Gasteiger partial charge < -0.3 is 0 Å². The van der Waals surface area contributed by atoms with Gasteiger partial charge in [-0.2, -0.15) is 0 Å². The number of aromatic nitrogens is 3. The molecule has 0 fully saturated rings. The van der Waals surface area contributed by atoms with Crippen molar-refractivity contribution in [2.45, 2.75) is 6.92 Å². The van der Waals surface area contributed by atoms with Crippen molar-refractivity contribution in [2.75, 3.05) is 0 Å². The van der Waals surface area contributed by atoms with Crippen LogP contribution in [-0.2, 0) is 0 Å². The van der Waals surface area contributed by atoms with E-state index in [4.69, 9.17) is 4.98 Å². The summed E-state index contributed by atoms with van der Waals surface area (Å²) in [7, 11) is 0. The third kappa shape index (κ3) is 2.38. The molecule has 0 saturated carbocycles. The van der Waals surface area contributed by atoms with Gasteiger partial charge in [0.25, 0.3) is 5.56 Å².